The Morgan fingerprint density at radius 3 is 2.88 bits per heavy atom. The van der Waals surface area contributed by atoms with E-state index in [1.807, 2.05) is 0 Å². The van der Waals surface area contributed by atoms with Crippen LogP contribution in [-0.2, 0) is 0 Å². The molecular weight excluding hydrogens is 212 g/mol. The van der Waals surface area contributed by atoms with Gasteiger partial charge in [-0.3, -0.25) is 0 Å². The molecule has 2 N–H and O–H groups in total. The van der Waals surface area contributed by atoms with Gasteiger partial charge >= 0.3 is 0 Å². The topological polar surface area (TPSA) is 40.5 Å². The summed E-state index contributed by atoms with van der Waals surface area (Å²) in [4.78, 5) is 0. The van der Waals surface area contributed by atoms with Gasteiger partial charge < -0.3 is 10.2 Å². The molecular formula is C15H26O2. The lowest BCUT2D eigenvalue weighted by atomic mass is 9.56. The molecule has 2 nitrogen and oxygen atoms in total. The number of rotatable bonds is 2. The van der Waals surface area contributed by atoms with Crippen LogP contribution in [0.5, 0.6) is 0 Å². The van der Waals surface area contributed by atoms with Gasteiger partial charge in [0.1, 0.15) is 5.60 Å². The highest BCUT2D eigenvalue weighted by molar-refractivity contribution is 5.21. The van der Waals surface area contributed by atoms with Crippen LogP contribution < -0.4 is 0 Å². The fourth-order valence-electron chi connectivity index (χ4n) is 3.82. The number of aliphatic hydroxyl groups excluding tert-OH is 1. The van der Waals surface area contributed by atoms with Crippen molar-refractivity contribution in [3.63, 3.8) is 0 Å². The van der Waals surface area contributed by atoms with Gasteiger partial charge in [-0.1, -0.05) is 32.8 Å². The average molecular weight is 238 g/mol. The zero-order valence-electron chi connectivity index (χ0n) is 11.4. The lowest BCUT2D eigenvalue weighted by Crippen LogP contribution is -2.42. The minimum absolute atomic E-state index is 0.170. The van der Waals surface area contributed by atoms with Gasteiger partial charge in [-0.15, -0.1) is 0 Å². The van der Waals surface area contributed by atoms with Crippen molar-refractivity contribution in [2.45, 2.75) is 58.5 Å². The fraction of sp³-hybridized carbons (Fsp3) is 0.867. The summed E-state index contributed by atoms with van der Waals surface area (Å²) in [6, 6.07) is 0. The number of aliphatic hydroxyl groups is 2. The van der Waals surface area contributed by atoms with Crippen LogP contribution in [0.2, 0.25) is 0 Å². The Bertz CT molecular complexity index is 319. The summed E-state index contributed by atoms with van der Waals surface area (Å²) in [5, 5.41) is 19.5. The Morgan fingerprint density at radius 1 is 1.53 bits per heavy atom. The van der Waals surface area contributed by atoms with E-state index in [2.05, 4.69) is 19.9 Å². The van der Waals surface area contributed by atoms with Crippen LogP contribution in [0.4, 0.5) is 0 Å². The largest absolute Gasteiger partial charge is 0.393 e. The summed E-state index contributed by atoms with van der Waals surface area (Å²) in [6.45, 7) is 6.30. The van der Waals surface area contributed by atoms with E-state index < -0.39 is 5.60 Å². The van der Waals surface area contributed by atoms with E-state index in [0.717, 1.165) is 24.3 Å². The van der Waals surface area contributed by atoms with Gasteiger partial charge in [0.05, 0.1) is 6.61 Å². The number of hydrogen-bond donors (Lipinski definition) is 2. The lowest BCUT2D eigenvalue weighted by molar-refractivity contribution is 0.00545. The third-order valence-corrected chi connectivity index (χ3v) is 5.24. The SMILES string of the molecule is C[C@H]1CCC[C@@]2(C)CC=C([C@@](C)(O)CO)C[C@H]12. The Balaban J connectivity index is 2.22. The maximum atomic E-state index is 10.2. The summed E-state index contributed by atoms with van der Waals surface area (Å²) >= 11 is 0. The first-order valence-corrected chi connectivity index (χ1v) is 6.92. The van der Waals surface area contributed by atoms with Crippen molar-refractivity contribution in [3.8, 4) is 0 Å². The summed E-state index contributed by atoms with van der Waals surface area (Å²) in [7, 11) is 0. The quantitative estimate of drug-likeness (QED) is 0.726. The summed E-state index contributed by atoms with van der Waals surface area (Å²) in [5.74, 6) is 1.42. The van der Waals surface area contributed by atoms with E-state index in [0.29, 0.717) is 11.3 Å². The van der Waals surface area contributed by atoms with Gasteiger partial charge in [0.25, 0.3) is 0 Å². The van der Waals surface area contributed by atoms with Crippen molar-refractivity contribution in [3.05, 3.63) is 11.6 Å². The van der Waals surface area contributed by atoms with Crippen molar-refractivity contribution < 1.29 is 10.2 Å². The smallest absolute Gasteiger partial charge is 0.106 e. The Hall–Kier alpha value is -0.340. The molecule has 0 aromatic heterocycles. The van der Waals surface area contributed by atoms with E-state index in [9.17, 15) is 10.2 Å². The van der Waals surface area contributed by atoms with Crippen LogP contribution in [0, 0.1) is 17.3 Å². The predicted molar refractivity (Wildman–Crippen MR) is 69.6 cm³/mol. The third kappa shape index (κ3) is 2.30. The molecule has 2 heteroatoms. The molecule has 0 spiro atoms. The van der Waals surface area contributed by atoms with Crippen LogP contribution >= 0.6 is 0 Å². The highest BCUT2D eigenvalue weighted by atomic mass is 16.3. The second-order valence-electron chi connectivity index (χ2n) is 6.70. The molecule has 0 saturated heterocycles. The molecule has 0 unspecified atom stereocenters. The van der Waals surface area contributed by atoms with E-state index in [1.54, 1.807) is 6.92 Å². The molecule has 0 aromatic carbocycles. The van der Waals surface area contributed by atoms with Crippen molar-refractivity contribution in [2.75, 3.05) is 6.61 Å². The van der Waals surface area contributed by atoms with Gasteiger partial charge in [0.2, 0.25) is 0 Å². The summed E-state index contributed by atoms with van der Waals surface area (Å²) < 4.78 is 0. The molecule has 0 amide bonds. The fourth-order valence-corrected chi connectivity index (χ4v) is 3.82. The van der Waals surface area contributed by atoms with E-state index in [4.69, 9.17) is 0 Å². The molecule has 17 heavy (non-hydrogen) atoms. The number of allylic oxidation sites excluding steroid dienone is 1. The Morgan fingerprint density at radius 2 is 2.24 bits per heavy atom. The molecule has 0 radical (unpaired) electrons. The monoisotopic (exact) mass is 238 g/mol. The Kier molecular flexibility index (Phi) is 3.39. The highest BCUT2D eigenvalue weighted by Crippen LogP contribution is 2.53. The predicted octanol–water partition coefficient (Wildman–Crippen LogP) is 2.89. The van der Waals surface area contributed by atoms with Crippen molar-refractivity contribution in [1.29, 1.82) is 0 Å². The molecule has 4 atom stereocenters. The number of hydrogen-bond acceptors (Lipinski definition) is 2. The molecule has 0 bridgehead atoms. The minimum atomic E-state index is -1.02. The highest BCUT2D eigenvalue weighted by Gasteiger charge is 2.44. The maximum Gasteiger partial charge on any atom is 0.106 e. The van der Waals surface area contributed by atoms with Crippen LogP contribution in [0.1, 0.15) is 52.9 Å². The van der Waals surface area contributed by atoms with Crippen molar-refractivity contribution in [2.24, 2.45) is 17.3 Å². The standard InChI is InChI=1S/C15H26O2/c1-11-5-4-7-14(2)8-6-12(9-13(11)14)15(3,17)10-16/h6,11,13,16-17H,4-5,7-10H2,1-3H3/t11-,13+,14-,15-/m0/s1. The lowest BCUT2D eigenvalue weighted by Gasteiger charge is -2.49. The van der Waals surface area contributed by atoms with Crippen LogP contribution in [0.25, 0.3) is 0 Å². The van der Waals surface area contributed by atoms with E-state index >= 15 is 0 Å². The third-order valence-electron chi connectivity index (χ3n) is 5.24. The molecule has 0 aromatic rings. The molecule has 2 aliphatic carbocycles. The van der Waals surface area contributed by atoms with Gasteiger partial charge in [-0.2, -0.15) is 0 Å². The first kappa shape index (κ1) is 13.1. The van der Waals surface area contributed by atoms with Crippen LogP contribution in [-0.4, -0.2) is 22.4 Å². The maximum absolute atomic E-state index is 10.2. The first-order valence-electron chi connectivity index (χ1n) is 6.92. The van der Waals surface area contributed by atoms with Crippen molar-refractivity contribution >= 4 is 0 Å². The van der Waals surface area contributed by atoms with Gasteiger partial charge in [0.15, 0.2) is 0 Å². The second-order valence-corrected chi connectivity index (χ2v) is 6.70. The first-order chi connectivity index (χ1) is 7.89. The molecule has 0 heterocycles. The molecule has 0 aliphatic heterocycles. The Labute approximate surface area is 105 Å². The molecule has 2 aliphatic rings. The van der Waals surface area contributed by atoms with Gasteiger partial charge in [-0.25, -0.2) is 0 Å². The summed E-state index contributed by atoms with van der Waals surface area (Å²) in [5.41, 5.74) is 0.460. The van der Waals surface area contributed by atoms with Crippen molar-refractivity contribution in [1.82, 2.24) is 0 Å². The zero-order valence-corrected chi connectivity index (χ0v) is 11.4. The second kappa shape index (κ2) is 4.40. The number of fused-ring (bicyclic) bond motifs is 1. The zero-order chi connectivity index (χ0) is 12.7. The van der Waals surface area contributed by atoms with Crippen LogP contribution in [0.15, 0.2) is 11.6 Å². The van der Waals surface area contributed by atoms with Crippen LogP contribution in [0.3, 0.4) is 0 Å². The van der Waals surface area contributed by atoms with E-state index in [1.165, 1.54) is 19.3 Å². The molecule has 1 saturated carbocycles. The van der Waals surface area contributed by atoms with Gasteiger partial charge in [0, 0.05) is 0 Å². The van der Waals surface area contributed by atoms with E-state index in [-0.39, 0.29) is 6.61 Å². The minimum Gasteiger partial charge on any atom is -0.393 e. The normalized spacial score (nSPS) is 41.4. The molecule has 98 valence electrons. The summed E-state index contributed by atoms with van der Waals surface area (Å²) in [6.07, 6.45) is 8.18. The average Bonchev–Trinajstić information content (AvgIpc) is 2.28. The van der Waals surface area contributed by atoms with Gasteiger partial charge in [-0.05, 0) is 49.0 Å². The molecule has 2 rings (SSSR count). The molecule has 1 fully saturated rings.